The topological polar surface area (TPSA) is 80.6 Å². The van der Waals surface area contributed by atoms with Crippen LogP contribution in [0.3, 0.4) is 0 Å². The Labute approximate surface area is 162 Å². The molecule has 1 saturated heterocycles. The minimum Gasteiger partial charge on any atom is -0.768 e. The van der Waals surface area contributed by atoms with E-state index in [1.54, 1.807) is 42.5 Å². The Morgan fingerprint density at radius 3 is 2.70 bits per heavy atom. The summed E-state index contributed by atoms with van der Waals surface area (Å²) >= 11 is -2.43. The third-order valence-corrected chi connectivity index (χ3v) is 6.49. The number of benzene rings is 2. The number of rotatable bonds is 6. The van der Waals surface area contributed by atoms with Crippen molar-refractivity contribution in [3.8, 4) is 5.75 Å². The molecule has 1 aromatic heterocycles. The van der Waals surface area contributed by atoms with Crippen molar-refractivity contribution < 1.29 is 22.4 Å². The second kappa shape index (κ2) is 7.93. The number of nitrogens with zero attached hydrogens (tertiary/aromatic N) is 1. The van der Waals surface area contributed by atoms with Crippen LogP contribution in [-0.4, -0.2) is 36.3 Å². The van der Waals surface area contributed by atoms with Gasteiger partial charge in [-0.2, -0.15) is 0 Å². The third-order valence-electron chi connectivity index (χ3n) is 4.47. The highest BCUT2D eigenvalue weighted by atomic mass is 32.2. The van der Waals surface area contributed by atoms with Crippen molar-refractivity contribution in [2.45, 2.75) is 28.7 Å². The van der Waals surface area contributed by atoms with Gasteiger partial charge in [-0.15, -0.1) is 0 Å². The van der Waals surface area contributed by atoms with E-state index in [-0.39, 0.29) is 11.0 Å². The van der Waals surface area contributed by atoms with Crippen molar-refractivity contribution in [1.29, 1.82) is 0 Å². The average Bonchev–Trinajstić information content (AvgIpc) is 3.34. The molecular weight excluding hydrogens is 386 g/mol. The van der Waals surface area contributed by atoms with Gasteiger partial charge >= 0.3 is 0 Å². The second-order valence-corrected chi connectivity index (χ2v) is 8.51. The van der Waals surface area contributed by atoms with Crippen LogP contribution in [0.1, 0.15) is 12.8 Å². The molecule has 2 heterocycles. The maximum Gasteiger partial charge on any atom is 0.157 e. The van der Waals surface area contributed by atoms with E-state index >= 15 is 0 Å². The van der Waals surface area contributed by atoms with Gasteiger partial charge in [0.05, 0.1) is 21.4 Å². The van der Waals surface area contributed by atoms with Gasteiger partial charge in [-0.1, -0.05) is 18.2 Å². The molecule has 3 aromatic rings. The van der Waals surface area contributed by atoms with Crippen molar-refractivity contribution in [2.75, 3.05) is 13.2 Å². The molecule has 4 rings (SSSR count). The van der Waals surface area contributed by atoms with Gasteiger partial charge in [-0.3, -0.25) is 8.18 Å². The fourth-order valence-electron chi connectivity index (χ4n) is 3.12. The van der Waals surface area contributed by atoms with Crippen LogP contribution in [0.5, 0.6) is 5.75 Å². The summed E-state index contributed by atoms with van der Waals surface area (Å²) < 4.78 is 49.1. The van der Waals surface area contributed by atoms with E-state index in [9.17, 15) is 13.0 Å². The lowest BCUT2D eigenvalue weighted by Crippen LogP contribution is -2.16. The van der Waals surface area contributed by atoms with E-state index in [1.807, 2.05) is 6.07 Å². The van der Waals surface area contributed by atoms with Crippen LogP contribution >= 0.6 is 0 Å². The first kappa shape index (κ1) is 18.4. The molecule has 1 aliphatic heterocycles. The van der Waals surface area contributed by atoms with Crippen LogP contribution in [0.15, 0.2) is 64.5 Å². The van der Waals surface area contributed by atoms with E-state index in [0.29, 0.717) is 28.2 Å². The Kier molecular flexibility index (Phi) is 5.40. The number of ether oxygens (including phenoxy) is 2. The lowest BCUT2D eigenvalue weighted by Gasteiger charge is -2.12. The molecule has 3 unspecified atom stereocenters. The Hall–Kier alpha value is -2.00. The molecule has 1 aliphatic rings. The smallest absolute Gasteiger partial charge is 0.157 e. The summed E-state index contributed by atoms with van der Waals surface area (Å²) in [4.78, 5) is 0.697. The van der Waals surface area contributed by atoms with Crippen LogP contribution in [0.4, 0.5) is 0 Å². The van der Waals surface area contributed by atoms with Crippen LogP contribution in [-0.2, 0) is 26.8 Å². The normalized spacial score (nSPS) is 19.2. The third kappa shape index (κ3) is 3.84. The molecule has 2 aromatic carbocycles. The summed E-state index contributed by atoms with van der Waals surface area (Å²) in [6.45, 7) is 1.19. The van der Waals surface area contributed by atoms with Crippen molar-refractivity contribution in [1.82, 2.24) is 3.97 Å². The highest BCUT2D eigenvalue weighted by molar-refractivity contribution is 7.84. The van der Waals surface area contributed by atoms with Crippen LogP contribution in [0, 0.1) is 0 Å². The first-order valence-corrected chi connectivity index (χ1v) is 10.8. The molecule has 1 fully saturated rings. The zero-order valence-electron chi connectivity index (χ0n) is 14.4. The van der Waals surface area contributed by atoms with Gasteiger partial charge in [0.2, 0.25) is 0 Å². The summed E-state index contributed by atoms with van der Waals surface area (Å²) in [5, 5.41) is 0.511. The van der Waals surface area contributed by atoms with Gasteiger partial charge < -0.3 is 14.0 Å². The van der Waals surface area contributed by atoms with Gasteiger partial charge in [0.1, 0.15) is 12.4 Å². The predicted molar refractivity (Wildman–Crippen MR) is 102 cm³/mol. The molecule has 0 radical (unpaired) electrons. The number of hydrogen-bond donors (Lipinski definition) is 0. The molecule has 0 spiro atoms. The summed E-state index contributed by atoms with van der Waals surface area (Å²) in [5.74, 6) is 0.589. The van der Waals surface area contributed by atoms with Crippen LogP contribution in [0.25, 0.3) is 10.9 Å². The highest BCUT2D eigenvalue weighted by Crippen LogP contribution is 2.30. The molecular formula is C19H18NO5S2-. The zero-order valence-corrected chi connectivity index (χ0v) is 16.0. The predicted octanol–water partition coefficient (Wildman–Crippen LogP) is 3.01. The molecule has 6 nitrogen and oxygen atoms in total. The Morgan fingerprint density at radius 2 is 2.00 bits per heavy atom. The minimum atomic E-state index is -2.43. The largest absolute Gasteiger partial charge is 0.768 e. The fourth-order valence-corrected chi connectivity index (χ4v) is 4.88. The maximum atomic E-state index is 13.0. The first-order chi connectivity index (χ1) is 13.1. The Morgan fingerprint density at radius 1 is 1.19 bits per heavy atom. The van der Waals surface area contributed by atoms with E-state index in [0.717, 1.165) is 19.4 Å². The quantitative estimate of drug-likeness (QED) is 0.590. The summed E-state index contributed by atoms with van der Waals surface area (Å²) in [6, 6.07) is 14.0. The zero-order chi connectivity index (χ0) is 18.8. The van der Waals surface area contributed by atoms with E-state index in [4.69, 9.17) is 9.47 Å². The van der Waals surface area contributed by atoms with Gasteiger partial charge in [-0.25, -0.2) is 4.21 Å². The highest BCUT2D eigenvalue weighted by Gasteiger charge is 2.18. The lowest BCUT2D eigenvalue weighted by molar-refractivity contribution is 0.0680. The standard InChI is InChI=1S/C19H19NO5S2/c21-26(16-6-2-1-3-7-16)20-12-19(27(22)23)17-9-8-14(11-18(17)20)25-13-15-5-4-10-24-15/h1-3,6-9,11-12,15H,4-5,10,13H2,(H,22,23)/p-1. The van der Waals surface area contributed by atoms with Crippen molar-refractivity contribution in [3.63, 3.8) is 0 Å². The Balaban J connectivity index is 1.71. The molecule has 8 heteroatoms. The first-order valence-electron chi connectivity index (χ1n) is 8.59. The molecule has 142 valence electrons. The maximum absolute atomic E-state index is 13.0. The Bertz CT molecular complexity index is 996. The van der Waals surface area contributed by atoms with E-state index in [1.165, 1.54) is 10.2 Å². The van der Waals surface area contributed by atoms with Crippen molar-refractivity contribution in [3.05, 3.63) is 54.7 Å². The molecule has 0 amide bonds. The van der Waals surface area contributed by atoms with Gasteiger partial charge in [0.15, 0.2) is 11.0 Å². The fraction of sp³-hybridized carbons (Fsp3) is 0.263. The molecule has 3 atom stereocenters. The van der Waals surface area contributed by atoms with E-state index in [2.05, 4.69) is 0 Å². The second-order valence-electron chi connectivity index (χ2n) is 6.24. The van der Waals surface area contributed by atoms with Gasteiger partial charge in [-0.05, 0) is 48.2 Å². The lowest BCUT2D eigenvalue weighted by atomic mass is 10.2. The van der Waals surface area contributed by atoms with Crippen molar-refractivity contribution >= 4 is 33.0 Å². The van der Waals surface area contributed by atoms with E-state index < -0.39 is 22.1 Å². The summed E-state index contributed by atoms with van der Waals surface area (Å²) in [5.41, 5.74) is 0.543. The molecule has 27 heavy (non-hydrogen) atoms. The van der Waals surface area contributed by atoms with Gasteiger partial charge in [0.25, 0.3) is 0 Å². The number of fused-ring (bicyclic) bond motifs is 1. The summed E-state index contributed by atoms with van der Waals surface area (Å²) in [6.07, 6.45) is 3.48. The monoisotopic (exact) mass is 404 g/mol. The molecule has 0 N–H and O–H groups in total. The average molecular weight is 404 g/mol. The molecule has 0 saturated carbocycles. The number of aromatic nitrogens is 1. The van der Waals surface area contributed by atoms with Gasteiger partial charge in [0, 0.05) is 24.3 Å². The van der Waals surface area contributed by atoms with Crippen LogP contribution < -0.4 is 4.74 Å². The molecule has 0 bridgehead atoms. The SMILES string of the molecule is O=S([O-])c1cn(S(=O)c2ccccc2)c2cc(OCC3CCCO3)ccc12. The van der Waals surface area contributed by atoms with Crippen molar-refractivity contribution in [2.24, 2.45) is 0 Å². The molecule has 0 aliphatic carbocycles. The summed E-state index contributed by atoms with van der Waals surface area (Å²) in [7, 11) is -1.57. The minimum absolute atomic E-state index is 0.0793. The van der Waals surface area contributed by atoms with Crippen LogP contribution in [0.2, 0.25) is 0 Å². The number of hydrogen-bond acceptors (Lipinski definition) is 5.